The highest BCUT2D eigenvalue weighted by molar-refractivity contribution is 5.89. The van der Waals surface area contributed by atoms with Crippen molar-refractivity contribution in [3.05, 3.63) is 71.4 Å². The summed E-state index contributed by atoms with van der Waals surface area (Å²) >= 11 is 0. The van der Waals surface area contributed by atoms with Gasteiger partial charge >= 0.3 is 0 Å². The minimum atomic E-state index is -2.83. The van der Waals surface area contributed by atoms with Crippen molar-refractivity contribution in [3.63, 3.8) is 0 Å². The molecule has 40 heavy (non-hydrogen) atoms. The van der Waals surface area contributed by atoms with E-state index in [0.29, 0.717) is 11.1 Å². The van der Waals surface area contributed by atoms with E-state index in [0.717, 1.165) is 17.7 Å². The van der Waals surface area contributed by atoms with Crippen LogP contribution in [0.1, 0.15) is 48.0 Å². The number of likely N-dealkylation sites (tertiary alicyclic amines) is 1. The lowest BCUT2D eigenvalue weighted by Crippen LogP contribution is -2.57. The molecular weight excluding hydrogens is 530 g/mol. The molecule has 3 fully saturated rings. The number of rotatable bonds is 8. The topological polar surface area (TPSA) is 96.2 Å². The zero-order valence-corrected chi connectivity index (χ0v) is 21.4. The highest BCUT2D eigenvalue weighted by Gasteiger charge is 2.46. The van der Waals surface area contributed by atoms with Crippen LogP contribution in [0.3, 0.4) is 0 Å². The van der Waals surface area contributed by atoms with Crippen LogP contribution in [0.4, 0.5) is 23.4 Å². The molecule has 9 nitrogen and oxygen atoms in total. The van der Waals surface area contributed by atoms with Crippen molar-refractivity contribution in [3.8, 4) is 0 Å². The fourth-order valence-corrected chi connectivity index (χ4v) is 5.34. The summed E-state index contributed by atoms with van der Waals surface area (Å²) in [6.45, 7) is -1.74. The van der Waals surface area contributed by atoms with E-state index in [1.165, 1.54) is 15.8 Å². The van der Waals surface area contributed by atoms with Gasteiger partial charge in [0.05, 0.1) is 37.6 Å². The van der Waals surface area contributed by atoms with Crippen LogP contribution in [0.2, 0.25) is 0 Å². The Kier molecular flexibility index (Phi) is 6.67. The second kappa shape index (κ2) is 10.2. The van der Waals surface area contributed by atoms with Crippen molar-refractivity contribution in [2.45, 2.75) is 55.9 Å². The maximum Gasteiger partial charge on any atom is 0.282 e. The van der Waals surface area contributed by atoms with Crippen LogP contribution >= 0.6 is 0 Å². The molecule has 0 radical (unpaired) electrons. The standard InChI is InChI=1S/C27H27F4N7O2/c28-18-10-21(37(12-18)23(39)13-38-22(11-32-35-38)36-14-27(30,31)15-36)26(40)34-24(17-4-2-1-3-5-17)20-9-8-19(16-6-7-16)25(29)33-20/h1-5,8-9,11,16,18,21,24H,6-7,10,12-15H2,(H,34,40). The molecule has 2 aromatic heterocycles. The molecule has 0 bridgehead atoms. The summed E-state index contributed by atoms with van der Waals surface area (Å²) in [5.41, 5.74) is 1.48. The number of nitrogens with one attached hydrogen (secondary N) is 1. The second-order valence-electron chi connectivity index (χ2n) is 10.6. The Morgan fingerprint density at radius 1 is 1.10 bits per heavy atom. The van der Waals surface area contributed by atoms with Gasteiger partial charge in [0.1, 0.15) is 24.6 Å². The third kappa shape index (κ3) is 5.24. The average Bonchev–Trinajstić information content (AvgIpc) is 3.52. The fourth-order valence-electron chi connectivity index (χ4n) is 5.34. The lowest BCUT2D eigenvalue weighted by molar-refractivity contribution is -0.139. The number of carbonyl (C=O) groups is 2. The Labute approximate surface area is 227 Å². The minimum absolute atomic E-state index is 0.161. The van der Waals surface area contributed by atoms with Crippen LogP contribution in [0.25, 0.3) is 0 Å². The van der Waals surface area contributed by atoms with E-state index in [-0.39, 0.29) is 30.4 Å². The molecule has 2 aliphatic heterocycles. The molecule has 1 aliphatic carbocycles. The lowest BCUT2D eigenvalue weighted by atomic mass is 10.0. The lowest BCUT2D eigenvalue weighted by Gasteiger charge is -2.39. The van der Waals surface area contributed by atoms with E-state index in [4.69, 9.17) is 0 Å². The Balaban J connectivity index is 1.20. The molecular formula is C27H27F4N7O2. The Hall–Kier alpha value is -4.03. The molecule has 13 heteroatoms. The van der Waals surface area contributed by atoms with E-state index in [2.05, 4.69) is 20.6 Å². The number of carbonyl (C=O) groups excluding carboxylic acids is 2. The van der Waals surface area contributed by atoms with Crippen LogP contribution < -0.4 is 10.2 Å². The highest BCUT2D eigenvalue weighted by Crippen LogP contribution is 2.41. The fraction of sp³-hybridized carbons (Fsp3) is 0.444. The van der Waals surface area contributed by atoms with Gasteiger partial charge in [-0.3, -0.25) is 9.59 Å². The maximum atomic E-state index is 14.8. The number of halogens is 4. The molecule has 1 saturated carbocycles. The largest absolute Gasteiger partial charge is 0.343 e. The molecule has 3 aliphatic rings. The summed E-state index contributed by atoms with van der Waals surface area (Å²) < 4.78 is 57.3. The number of benzene rings is 1. The highest BCUT2D eigenvalue weighted by atomic mass is 19.3. The number of pyridine rings is 1. The van der Waals surface area contributed by atoms with Crippen LogP contribution in [-0.4, -0.2) is 74.5 Å². The summed E-state index contributed by atoms with van der Waals surface area (Å²) in [5.74, 6) is -4.23. The van der Waals surface area contributed by atoms with Crippen LogP contribution in [-0.2, 0) is 16.1 Å². The zero-order chi connectivity index (χ0) is 28.0. The van der Waals surface area contributed by atoms with Gasteiger partial charge in [-0.25, -0.2) is 22.8 Å². The smallest absolute Gasteiger partial charge is 0.282 e. The van der Waals surface area contributed by atoms with Crippen molar-refractivity contribution in [1.82, 2.24) is 30.2 Å². The second-order valence-corrected chi connectivity index (χ2v) is 10.6. The van der Waals surface area contributed by atoms with Gasteiger partial charge in [0.25, 0.3) is 5.92 Å². The molecule has 3 aromatic rings. The van der Waals surface area contributed by atoms with Crippen LogP contribution in [0, 0.1) is 5.95 Å². The Morgan fingerprint density at radius 3 is 2.52 bits per heavy atom. The molecule has 210 valence electrons. The van der Waals surface area contributed by atoms with E-state index >= 15 is 0 Å². The molecule has 0 spiro atoms. The maximum absolute atomic E-state index is 14.8. The number of amides is 2. The normalized spacial score (nSPS) is 22.6. The van der Waals surface area contributed by atoms with E-state index in [1.807, 2.05) is 0 Å². The summed E-state index contributed by atoms with van der Waals surface area (Å²) in [4.78, 5) is 33.4. The first kappa shape index (κ1) is 26.2. The predicted octanol–water partition coefficient (Wildman–Crippen LogP) is 2.99. The average molecular weight is 558 g/mol. The SMILES string of the molecule is O=C(NC(c1ccccc1)c1ccc(C2CC2)c(F)n1)C1CC(F)CN1C(=O)Cn1nncc1N1CC(F)(F)C1. The third-order valence-electron chi connectivity index (χ3n) is 7.56. The van der Waals surface area contributed by atoms with E-state index in [9.17, 15) is 27.2 Å². The first-order valence-corrected chi connectivity index (χ1v) is 13.1. The van der Waals surface area contributed by atoms with Gasteiger partial charge in [0.2, 0.25) is 17.8 Å². The van der Waals surface area contributed by atoms with Crippen molar-refractivity contribution < 1.29 is 27.2 Å². The van der Waals surface area contributed by atoms with Gasteiger partial charge in [-0.1, -0.05) is 41.6 Å². The van der Waals surface area contributed by atoms with Crippen molar-refractivity contribution in [2.75, 3.05) is 24.5 Å². The minimum Gasteiger partial charge on any atom is -0.343 e. The zero-order valence-electron chi connectivity index (χ0n) is 21.4. The van der Waals surface area contributed by atoms with Crippen molar-refractivity contribution >= 4 is 17.6 Å². The Morgan fingerprint density at radius 2 is 1.85 bits per heavy atom. The number of hydrogen-bond acceptors (Lipinski definition) is 6. The van der Waals surface area contributed by atoms with Gasteiger partial charge in [-0.15, -0.1) is 5.10 Å². The van der Waals surface area contributed by atoms with Gasteiger partial charge < -0.3 is 15.1 Å². The molecule has 3 unspecified atom stereocenters. The van der Waals surface area contributed by atoms with Crippen molar-refractivity contribution in [2.24, 2.45) is 0 Å². The summed E-state index contributed by atoms with van der Waals surface area (Å²) in [5, 5.41) is 10.4. The predicted molar refractivity (Wildman–Crippen MR) is 135 cm³/mol. The van der Waals surface area contributed by atoms with E-state index in [1.54, 1.807) is 42.5 Å². The van der Waals surface area contributed by atoms with Gasteiger partial charge in [-0.05, 0) is 30.4 Å². The van der Waals surface area contributed by atoms with E-state index < -0.39 is 61.6 Å². The number of anilines is 1. The molecule has 2 amide bonds. The first-order chi connectivity index (χ1) is 19.2. The van der Waals surface area contributed by atoms with Crippen molar-refractivity contribution in [1.29, 1.82) is 0 Å². The molecule has 3 atom stereocenters. The number of nitrogens with zero attached hydrogens (tertiary/aromatic N) is 6. The molecule has 2 saturated heterocycles. The Bertz CT molecular complexity index is 1410. The van der Waals surface area contributed by atoms with Gasteiger partial charge in [0, 0.05) is 12.0 Å². The summed E-state index contributed by atoms with van der Waals surface area (Å²) in [6.07, 6.45) is 1.44. The molecule has 4 heterocycles. The van der Waals surface area contributed by atoms with Gasteiger partial charge in [-0.2, -0.15) is 4.39 Å². The van der Waals surface area contributed by atoms with Crippen LogP contribution in [0.5, 0.6) is 0 Å². The number of hydrogen-bond donors (Lipinski definition) is 1. The third-order valence-corrected chi connectivity index (χ3v) is 7.56. The summed E-state index contributed by atoms with van der Waals surface area (Å²) in [6, 6.07) is 10.3. The number of aromatic nitrogens is 4. The summed E-state index contributed by atoms with van der Waals surface area (Å²) in [7, 11) is 0. The molecule has 1 aromatic carbocycles. The quantitative estimate of drug-likeness (QED) is 0.338. The molecule has 1 N–H and O–H groups in total. The number of alkyl halides is 3. The van der Waals surface area contributed by atoms with Gasteiger partial charge in [0.15, 0.2) is 0 Å². The molecule has 6 rings (SSSR count). The first-order valence-electron chi connectivity index (χ1n) is 13.1. The van der Waals surface area contributed by atoms with Crippen LogP contribution in [0.15, 0.2) is 48.7 Å². The monoisotopic (exact) mass is 557 g/mol.